The second kappa shape index (κ2) is 10.9. The van der Waals surface area contributed by atoms with Crippen LogP contribution >= 0.6 is 0 Å². The summed E-state index contributed by atoms with van der Waals surface area (Å²) < 4.78 is 38.2. The van der Waals surface area contributed by atoms with E-state index in [0.29, 0.717) is 6.54 Å². The number of halogens is 3. The van der Waals surface area contributed by atoms with E-state index < -0.39 is 12.0 Å². The highest BCUT2D eigenvalue weighted by Crippen LogP contribution is 2.28. The molecule has 0 amide bonds. The Kier molecular flexibility index (Phi) is 11.6. The molecule has 2 nitrogen and oxygen atoms in total. The van der Waals surface area contributed by atoms with Gasteiger partial charge in [-0.3, -0.25) is 0 Å². The molecule has 1 heterocycles. The highest BCUT2D eigenvalue weighted by molar-refractivity contribution is 4.96. The molecular weight excluding hydrogens is 253 g/mol. The van der Waals surface area contributed by atoms with Crippen LogP contribution in [0.5, 0.6) is 0 Å². The molecule has 1 atom stereocenters. The lowest BCUT2D eigenvalue weighted by Gasteiger charge is -2.13. The van der Waals surface area contributed by atoms with Gasteiger partial charge in [0.1, 0.15) is 0 Å². The highest BCUT2D eigenvalue weighted by Gasteiger charge is 2.36. The lowest BCUT2D eigenvalue weighted by Crippen LogP contribution is -2.17. The quantitative estimate of drug-likeness (QED) is 0.725. The Labute approximate surface area is 115 Å². The Morgan fingerprint density at radius 3 is 2.05 bits per heavy atom. The summed E-state index contributed by atoms with van der Waals surface area (Å²) in [7, 11) is 0. The summed E-state index contributed by atoms with van der Waals surface area (Å²) in [6.07, 6.45) is 0.312. The van der Waals surface area contributed by atoms with Gasteiger partial charge in [-0.05, 0) is 5.92 Å². The fraction of sp³-hybridized carbons (Fsp3) is 0.786. The van der Waals surface area contributed by atoms with Gasteiger partial charge in [-0.2, -0.15) is 13.2 Å². The van der Waals surface area contributed by atoms with Crippen molar-refractivity contribution in [2.75, 3.05) is 0 Å². The van der Waals surface area contributed by atoms with Crippen LogP contribution in [0.2, 0.25) is 0 Å². The first-order valence-electron chi connectivity index (χ1n) is 6.95. The van der Waals surface area contributed by atoms with Crippen molar-refractivity contribution in [3.05, 3.63) is 18.2 Å². The third kappa shape index (κ3) is 8.67. The van der Waals surface area contributed by atoms with E-state index in [1.165, 1.54) is 18.8 Å². The average molecular weight is 280 g/mol. The number of hydrogen-bond acceptors (Lipinski definition) is 1. The number of rotatable bonds is 3. The molecule has 0 aromatic carbocycles. The first-order valence-corrected chi connectivity index (χ1v) is 6.95. The zero-order valence-corrected chi connectivity index (χ0v) is 12.9. The highest BCUT2D eigenvalue weighted by atomic mass is 19.4. The second-order valence-electron chi connectivity index (χ2n) is 4.12. The Balaban J connectivity index is 0. The van der Waals surface area contributed by atoms with Crippen molar-refractivity contribution < 1.29 is 13.2 Å². The standard InChI is InChI=1S/C9H13F3N2.C3H8.C2H6/c1-3-7(2)6-14-5-4-13-8(14)9(10,11)12;1-3-2;1-2/h4-5,7H,3,6H2,1-2H3;3H2,1-2H3;1-2H3. The maximum absolute atomic E-state index is 12.4. The van der Waals surface area contributed by atoms with Gasteiger partial charge in [-0.15, -0.1) is 0 Å². The summed E-state index contributed by atoms with van der Waals surface area (Å²) >= 11 is 0. The molecule has 0 bridgehead atoms. The van der Waals surface area contributed by atoms with E-state index in [-0.39, 0.29) is 5.92 Å². The van der Waals surface area contributed by atoms with Crippen LogP contribution in [0.25, 0.3) is 0 Å². The smallest absolute Gasteiger partial charge is 0.327 e. The molecule has 5 heteroatoms. The van der Waals surface area contributed by atoms with E-state index in [1.807, 2.05) is 27.7 Å². The number of alkyl halides is 3. The van der Waals surface area contributed by atoms with E-state index in [1.54, 1.807) is 0 Å². The zero-order chi connectivity index (χ0) is 15.5. The second-order valence-corrected chi connectivity index (χ2v) is 4.12. The van der Waals surface area contributed by atoms with Gasteiger partial charge in [0.15, 0.2) is 0 Å². The van der Waals surface area contributed by atoms with Crippen molar-refractivity contribution in [1.29, 1.82) is 0 Å². The SMILES string of the molecule is CC.CCC.CCC(C)Cn1ccnc1C(F)(F)F. The largest absolute Gasteiger partial charge is 0.449 e. The molecule has 0 saturated carbocycles. The van der Waals surface area contributed by atoms with Crippen molar-refractivity contribution >= 4 is 0 Å². The van der Waals surface area contributed by atoms with E-state index >= 15 is 0 Å². The van der Waals surface area contributed by atoms with Crippen LogP contribution in [0.4, 0.5) is 13.2 Å². The van der Waals surface area contributed by atoms with E-state index in [9.17, 15) is 13.2 Å². The van der Waals surface area contributed by atoms with Crippen LogP contribution in [0.1, 0.15) is 60.2 Å². The molecule has 0 aliphatic rings. The number of aromatic nitrogens is 2. The predicted octanol–water partition coefficient (Wildman–Crippen LogP) is 5.39. The zero-order valence-electron chi connectivity index (χ0n) is 12.9. The first-order chi connectivity index (χ1) is 8.86. The number of nitrogens with zero attached hydrogens (tertiary/aromatic N) is 2. The lowest BCUT2D eigenvalue weighted by molar-refractivity contribution is -0.147. The maximum Gasteiger partial charge on any atom is 0.449 e. The van der Waals surface area contributed by atoms with Gasteiger partial charge in [0.2, 0.25) is 5.82 Å². The lowest BCUT2D eigenvalue weighted by atomic mass is 10.1. The van der Waals surface area contributed by atoms with Crippen LogP contribution < -0.4 is 0 Å². The molecular formula is C14H27F3N2. The third-order valence-electron chi connectivity index (χ3n) is 2.17. The molecule has 0 fully saturated rings. The van der Waals surface area contributed by atoms with Gasteiger partial charge < -0.3 is 4.57 Å². The molecule has 114 valence electrons. The summed E-state index contributed by atoms with van der Waals surface area (Å²) in [4.78, 5) is 3.31. The van der Waals surface area contributed by atoms with E-state index in [0.717, 1.165) is 11.0 Å². The normalized spacial score (nSPS) is 11.8. The topological polar surface area (TPSA) is 17.8 Å². The predicted molar refractivity (Wildman–Crippen MR) is 74.0 cm³/mol. The summed E-state index contributed by atoms with van der Waals surface area (Å²) in [6, 6.07) is 0. The fourth-order valence-electron chi connectivity index (χ4n) is 1.18. The summed E-state index contributed by atoms with van der Waals surface area (Å²) in [6.45, 7) is 12.5. The van der Waals surface area contributed by atoms with Crippen molar-refractivity contribution in [2.45, 2.75) is 67.1 Å². The number of hydrogen-bond donors (Lipinski definition) is 0. The van der Waals surface area contributed by atoms with Gasteiger partial charge in [0, 0.05) is 18.9 Å². The van der Waals surface area contributed by atoms with Crippen LogP contribution in [0.15, 0.2) is 12.4 Å². The van der Waals surface area contributed by atoms with Crippen molar-refractivity contribution in [2.24, 2.45) is 5.92 Å². The maximum atomic E-state index is 12.4. The molecule has 1 unspecified atom stereocenters. The molecule has 0 N–H and O–H groups in total. The van der Waals surface area contributed by atoms with Crippen LogP contribution in [-0.2, 0) is 12.7 Å². The Hall–Kier alpha value is -1.00. The number of imidazole rings is 1. The van der Waals surface area contributed by atoms with Gasteiger partial charge in [0.05, 0.1) is 0 Å². The van der Waals surface area contributed by atoms with E-state index in [2.05, 4.69) is 18.8 Å². The molecule has 0 radical (unpaired) electrons. The third-order valence-corrected chi connectivity index (χ3v) is 2.17. The van der Waals surface area contributed by atoms with Crippen LogP contribution in [0, 0.1) is 5.92 Å². The minimum absolute atomic E-state index is 0.227. The van der Waals surface area contributed by atoms with Crippen molar-refractivity contribution in [3.8, 4) is 0 Å². The monoisotopic (exact) mass is 280 g/mol. The first kappa shape index (κ1) is 20.3. The Morgan fingerprint density at radius 2 is 1.68 bits per heavy atom. The molecule has 1 aromatic rings. The molecule has 0 spiro atoms. The summed E-state index contributed by atoms with van der Waals surface area (Å²) in [5, 5.41) is 0. The molecule has 19 heavy (non-hydrogen) atoms. The average Bonchev–Trinajstić information content (AvgIpc) is 2.80. The minimum atomic E-state index is -4.35. The van der Waals surface area contributed by atoms with Gasteiger partial charge in [-0.25, -0.2) is 4.98 Å². The van der Waals surface area contributed by atoms with Crippen LogP contribution in [-0.4, -0.2) is 9.55 Å². The van der Waals surface area contributed by atoms with Crippen molar-refractivity contribution in [1.82, 2.24) is 9.55 Å². The fourth-order valence-corrected chi connectivity index (χ4v) is 1.18. The molecule has 0 aliphatic carbocycles. The molecule has 0 saturated heterocycles. The minimum Gasteiger partial charge on any atom is -0.327 e. The molecule has 0 aliphatic heterocycles. The van der Waals surface area contributed by atoms with Gasteiger partial charge in [-0.1, -0.05) is 54.4 Å². The molecule has 1 rings (SSSR count). The summed E-state index contributed by atoms with van der Waals surface area (Å²) in [5.41, 5.74) is 0. The van der Waals surface area contributed by atoms with E-state index in [4.69, 9.17) is 0 Å². The Morgan fingerprint density at radius 1 is 1.21 bits per heavy atom. The van der Waals surface area contributed by atoms with Gasteiger partial charge in [0.25, 0.3) is 0 Å². The van der Waals surface area contributed by atoms with Crippen LogP contribution in [0.3, 0.4) is 0 Å². The Bertz CT molecular complexity index is 306. The van der Waals surface area contributed by atoms with Crippen molar-refractivity contribution in [3.63, 3.8) is 0 Å². The molecule has 1 aromatic heterocycles. The van der Waals surface area contributed by atoms with Gasteiger partial charge >= 0.3 is 6.18 Å². The summed E-state index contributed by atoms with van der Waals surface area (Å²) in [5.74, 6) is -0.580.